The first-order chi connectivity index (χ1) is 6.38. The van der Waals surface area contributed by atoms with E-state index in [1.807, 2.05) is 0 Å². The largest absolute Gasteiger partial charge is 0.522 e. The van der Waals surface area contributed by atoms with Crippen LogP contribution in [-0.4, -0.2) is 6.36 Å². The van der Waals surface area contributed by atoms with Crippen LogP contribution >= 0.6 is 15.9 Å². The number of halogens is 5. The molecular weight excluding hydrogens is 268 g/mol. The predicted molar refractivity (Wildman–Crippen MR) is 44.9 cm³/mol. The van der Waals surface area contributed by atoms with E-state index in [9.17, 15) is 17.6 Å². The second-order valence-corrected chi connectivity index (χ2v) is 3.39. The molecule has 0 spiro atoms. The fourth-order valence-electron chi connectivity index (χ4n) is 0.798. The standard InChI is InChI=1S/C8H5BrF4O/c9-6-2-1-5(7(10)3-6)4-14-8(11,12)13/h1-3H,4H2. The number of benzene rings is 1. The Hall–Kier alpha value is -0.620. The summed E-state index contributed by atoms with van der Waals surface area (Å²) in [6, 6.07) is 3.75. The van der Waals surface area contributed by atoms with Crippen molar-refractivity contribution in [3.05, 3.63) is 34.1 Å². The molecule has 0 aliphatic rings. The van der Waals surface area contributed by atoms with Crippen molar-refractivity contribution in [2.75, 3.05) is 0 Å². The number of hydrogen-bond acceptors (Lipinski definition) is 1. The maximum Gasteiger partial charge on any atom is 0.522 e. The topological polar surface area (TPSA) is 9.23 Å². The minimum absolute atomic E-state index is 0.134. The number of rotatable bonds is 2. The van der Waals surface area contributed by atoms with Crippen LogP contribution in [0.3, 0.4) is 0 Å². The van der Waals surface area contributed by atoms with E-state index in [0.717, 1.165) is 6.07 Å². The van der Waals surface area contributed by atoms with Gasteiger partial charge in [-0.15, -0.1) is 13.2 Å². The highest BCUT2D eigenvalue weighted by atomic mass is 79.9. The lowest BCUT2D eigenvalue weighted by molar-refractivity contribution is -0.330. The van der Waals surface area contributed by atoms with Crippen molar-refractivity contribution in [2.24, 2.45) is 0 Å². The minimum Gasteiger partial charge on any atom is -0.287 e. The Morgan fingerprint density at radius 1 is 1.29 bits per heavy atom. The average Bonchev–Trinajstić information content (AvgIpc) is 2.00. The number of hydrogen-bond donors (Lipinski definition) is 0. The Balaban J connectivity index is 2.68. The quantitative estimate of drug-likeness (QED) is 0.748. The first-order valence-corrected chi connectivity index (χ1v) is 4.32. The third kappa shape index (κ3) is 3.63. The zero-order valence-electron chi connectivity index (χ0n) is 6.74. The van der Waals surface area contributed by atoms with Crippen LogP contribution in [0.15, 0.2) is 22.7 Å². The summed E-state index contributed by atoms with van der Waals surface area (Å²) < 4.78 is 51.7. The summed E-state index contributed by atoms with van der Waals surface area (Å²) in [6.45, 7) is -0.817. The fraction of sp³-hybridized carbons (Fsp3) is 0.250. The first kappa shape index (κ1) is 11.5. The highest BCUT2D eigenvalue weighted by Crippen LogP contribution is 2.21. The highest BCUT2D eigenvalue weighted by molar-refractivity contribution is 9.10. The summed E-state index contributed by atoms with van der Waals surface area (Å²) in [7, 11) is 0. The van der Waals surface area contributed by atoms with Gasteiger partial charge in [0.15, 0.2) is 0 Å². The monoisotopic (exact) mass is 272 g/mol. The molecule has 0 bridgehead atoms. The lowest BCUT2D eigenvalue weighted by Crippen LogP contribution is -2.13. The van der Waals surface area contributed by atoms with E-state index in [1.54, 1.807) is 0 Å². The zero-order valence-corrected chi connectivity index (χ0v) is 8.32. The molecule has 0 heterocycles. The zero-order chi connectivity index (χ0) is 10.8. The van der Waals surface area contributed by atoms with Gasteiger partial charge in [0.25, 0.3) is 0 Å². The molecular formula is C8H5BrF4O. The van der Waals surface area contributed by atoms with Crippen molar-refractivity contribution < 1.29 is 22.3 Å². The van der Waals surface area contributed by atoms with Gasteiger partial charge in [0, 0.05) is 10.0 Å². The molecule has 6 heteroatoms. The van der Waals surface area contributed by atoms with Crippen LogP contribution in [-0.2, 0) is 11.3 Å². The van der Waals surface area contributed by atoms with Crippen molar-refractivity contribution >= 4 is 15.9 Å². The third-order valence-corrected chi connectivity index (χ3v) is 1.90. The van der Waals surface area contributed by atoms with Gasteiger partial charge in [-0.25, -0.2) is 4.39 Å². The van der Waals surface area contributed by atoms with Crippen molar-refractivity contribution in [2.45, 2.75) is 13.0 Å². The smallest absolute Gasteiger partial charge is 0.287 e. The van der Waals surface area contributed by atoms with Crippen molar-refractivity contribution in [3.63, 3.8) is 0 Å². The van der Waals surface area contributed by atoms with E-state index in [4.69, 9.17) is 0 Å². The molecule has 1 aromatic rings. The van der Waals surface area contributed by atoms with Gasteiger partial charge in [0.05, 0.1) is 6.61 Å². The SMILES string of the molecule is Fc1cc(Br)ccc1COC(F)(F)F. The normalized spacial score (nSPS) is 11.8. The van der Waals surface area contributed by atoms with Gasteiger partial charge < -0.3 is 0 Å². The van der Waals surface area contributed by atoms with Gasteiger partial charge >= 0.3 is 6.36 Å². The Morgan fingerprint density at radius 2 is 1.93 bits per heavy atom. The molecule has 1 aromatic carbocycles. The highest BCUT2D eigenvalue weighted by Gasteiger charge is 2.29. The first-order valence-electron chi connectivity index (χ1n) is 3.53. The number of alkyl halides is 3. The van der Waals surface area contributed by atoms with Gasteiger partial charge in [-0.05, 0) is 12.1 Å². The van der Waals surface area contributed by atoms with Crippen LogP contribution in [0.1, 0.15) is 5.56 Å². The fourth-order valence-corrected chi connectivity index (χ4v) is 1.13. The summed E-state index contributed by atoms with van der Waals surface area (Å²) in [5, 5.41) is 0. The molecule has 0 N–H and O–H groups in total. The molecule has 14 heavy (non-hydrogen) atoms. The van der Waals surface area contributed by atoms with E-state index < -0.39 is 18.8 Å². The average molecular weight is 273 g/mol. The van der Waals surface area contributed by atoms with E-state index in [1.165, 1.54) is 12.1 Å². The minimum atomic E-state index is -4.74. The van der Waals surface area contributed by atoms with E-state index in [-0.39, 0.29) is 5.56 Å². The van der Waals surface area contributed by atoms with Crippen LogP contribution in [0.2, 0.25) is 0 Å². The van der Waals surface area contributed by atoms with Crippen LogP contribution < -0.4 is 0 Å². The van der Waals surface area contributed by atoms with Gasteiger partial charge in [0.2, 0.25) is 0 Å². The van der Waals surface area contributed by atoms with E-state index >= 15 is 0 Å². The maximum atomic E-state index is 12.9. The summed E-state index contributed by atoms with van der Waals surface area (Å²) in [5.74, 6) is -0.733. The van der Waals surface area contributed by atoms with Crippen molar-refractivity contribution in [3.8, 4) is 0 Å². The van der Waals surface area contributed by atoms with Crippen LogP contribution in [0, 0.1) is 5.82 Å². The summed E-state index contributed by atoms with van der Waals surface area (Å²) >= 11 is 2.98. The Morgan fingerprint density at radius 3 is 2.43 bits per heavy atom. The molecule has 0 aromatic heterocycles. The molecule has 1 rings (SSSR count). The Bertz CT molecular complexity index is 324. The van der Waals surface area contributed by atoms with Crippen molar-refractivity contribution in [1.29, 1.82) is 0 Å². The van der Waals surface area contributed by atoms with Crippen molar-refractivity contribution in [1.82, 2.24) is 0 Å². The molecule has 0 unspecified atom stereocenters. The molecule has 0 radical (unpaired) electrons. The molecule has 0 saturated carbocycles. The Labute approximate surface area is 85.8 Å². The molecule has 0 aliphatic heterocycles. The van der Waals surface area contributed by atoms with E-state index in [2.05, 4.69) is 20.7 Å². The molecule has 1 nitrogen and oxygen atoms in total. The molecule has 0 atom stereocenters. The van der Waals surface area contributed by atoms with Crippen LogP contribution in [0.5, 0.6) is 0 Å². The maximum absolute atomic E-state index is 12.9. The van der Waals surface area contributed by atoms with Gasteiger partial charge in [-0.1, -0.05) is 22.0 Å². The summed E-state index contributed by atoms with van der Waals surface area (Å²) in [5.41, 5.74) is -0.134. The molecule has 78 valence electrons. The van der Waals surface area contributed by atoms with Gasteiger partial charge in [0.1, 0.15) is 5.82 Å². The van der Waals surface area contributed by atoms with Gasteiger partial charge in [-0.3, -0.25) is 4.74 Å². The molecule has 0 fully saturated rings. The lowest BCUT2D eigenvalue weighted by Gasteiger charge is -2.07. The summed E-state index contributed by atoms with van der Waals surface area (Å²) in [4.78, 5) is 0. The predicted octanol–water partition coefficient (Wildman–Crippen LogP) is 3.62. The lowest BCUT2D eigenvalue weighted by atomic mass is 10.2. The third-order valence-electron chi connectivity index (χ3n) is 1.41. The van der Waals surface area contributed by atoms with E-state index in [0.29, 0.717) is 4.47 Å². The molecule has 0 saturated heterocycles. The molecule has 0 aliphatic carbocycles. The molecule has 0 amide bonds. The second-order valence-electron chi connectivity index (χ2n) is 2.47. The number of ether oxygens (including phenoxy) is 1. The van der Waals surface area contributed by atoms with Crippen LogP contribution in [0.25, 0.3) is 0 Å². The Kier molecular flexibility index (Phi) is 3.49. The summed E-state index contributed by atoms with van der Waals surface area (Å²) in [6.07, 6.45) is -4.74. The van der Waals surface area contributed by atoms with Crippen LogP contribution in [0.4, 0.5) is 17.6 Å². The second kappa shape index (κ2) is 4.27. The van der Waals surface area contributed by atoms with Gasteiger partial charge in [-0.2, -0.15) is 0 Å².